The molecule has 8 heteroatoms. The molecule has 4 rings (SSSR count). The van der Waals surface area contributed by atoms with E-state index in [0.29, 0.717) is 25.4 Å². The minimum absolute atomic E-state index is 0.513. The molecule has 2 bridgehead atoms. The fourth-order valence-corrected chi connectivity index (χ4v) is 3.46. The molecule has 1 aromatic carbocycles. The molecule has 0 unspecified atom stereocenters. The van der Waals surface area contributed by atoms with Crippen LogP contribution in [-0.2, 0) is 7.05 Å². The van der Waals surface area contributed by atoms with Crippen LogP contribution < -0.4 is 15.8 Å². The second-order valence-corrected chi connectivity index (χ2v) is 6.98. The highest BCUT2D eigenvalue weighted by molar-refractivity contribution is 6.05. The van der Waals surface area contributed by atoms with Crippen molar-refractivity contribution in [1.82, 2.24) is 25.3 Å². The van der Waals surface area contributed by atoms with E-state index in [1.807, 2.05) is 58.3 Å². The minimum atomic E-state index is 0.513. The molecule has 2 aromatic heterocycles. The number of allylic oxidation sites excluding steroid dienone is 2. The Morgan fingerprint density at radius 2 is 2.06 bits per heavy atom. The number of aromatic nitrogens is 4. The average molecular weight is 422 g/mol. The fraction of sp³-hybridized carbons (Fsp3) is 0.348. The smallest absolute Gasteiger partial charge is 0.219 e. The number of nitrogens with one attached hydrogen (secondary N) is 2. The summed E-state index contributed by atoms with van der Waals surface area (Å²) in [6.45, 7) is 7.67. The first kappa shape index (κ1) is 22.3. The van der Waals surface area contributed by atoms with Crippen molar-refractivity contribution < 1.29 is 4.74 Å². The Bertz CT molecular complexity index is 1130. The zero-order chi connectivity index (χ0) is 22.4. The van der Waals surface area contributed by atoms with Crippen LogP contribution in [0, 0.1) is 0 Å². The number of H-pyrrole nitrogens is 1. The number of fused-ring (bicyclic) bond motifs is 3. The average Bonchev–Trinajstić information content (AvgIpc) is 3.35. The lowest BCUT2D eigenvalue weighted by Gasteiger charge is -2.12. The van der Waals surface area contributed by atoms with Gasteiger partial charge in [0.1, 0.15) is 6.61 Å². The van der Waals surface area contributed by atoms with Crippen LogP contribution in [0.4, 0.5) is 0 Å². The third kappa shape index (κ3) is 4.69. The molecule has 3 aromatic rings. The highest BCUT2D eigenvalue weighted by atomic mass is 16.5. The molecule has 0 spiro atoms. The number of rotatable bonds is 0. The van der Waals surface area contributed by atoms with Gasteiger partial charge in [0, 0.05) is 43.8 Å². The normalized spacial score (nSPS) is 18.4. The molecule has 0 saturated heterocycles. The van der Waals surface area contributed by atoms with E-state index < -0.39 is 0 Å². The lowest BCUT2D eigenvalue weighted by Crippen LogP contribution is -2.29. The maximum absolute atomic E-state index is 6.15. The first-order valence-corrected chi connectivity index (χ1v) is 10.5. The number of benzene rings is 1. The zero-order valence-electron chi connectivity index (χ0n) is 18.9. The molecule has 0 radical (unpaired) electrons. The molecular formula is C23H31N7O. The van der Waals surface area contributed by atoms with Crippen LogP contribution in [0.3, 0.4) is 0 Å². The maximum atomic E-state index is 6.15. The van der Waals surface area contributed by atoms with E-state index in [1.54, 1.807) is 11.7 Å². The molecule has 0 saturated carbocycles. The van der Waals surface area contributed by atoms with E-state index >= 15 is 0 Å². The minimum Gasteiger partial charge on any atom is -0.476 e. The Morgan fingerprint density at radius 3 is 2.81 bits per heavy atom. The van der Waals surface area contributed by atoms with Crippen LogP contribution in [-0.4, -0.2) is 52.4 Å². The van der Waals surface area contributed by atoms with Crippen LogP contribution in [0.25, 0.3) is 28.1 Å². The molecule has 3 heterocycles. The van der Waals surface area contributed by atoms with Gasteiger partial charge >= 0.3 is 0 Å². The van der Waals surface area contributed by atoms with Crippen LogP contribution >= 0.6 is 0 Å². The number of aliphatic imine (C=N–C) groups is 1. The summed E-state index contributed by atoms with van der Waals surface area (Å²) in [5, 5.41) is 16.3. The van der Waals surface area contributed by atoms with Crippen molar-refractivity contribution in [3.05, 3.63) is 47.4 Å². The van der Waals surface area contributed by atoms with Gasteiger partial charge in [0.05, 0.1) is 28.7 Å². The van der Waals surface area contributed by atoms with Gasteiger partial charge in [0.2, 0.25) is 5.88 Å². The Kier molecular flexibility index (Phi) is 7.25. The van der Waals surface area contributed by atoms with Gasteiger partial charge in [0.15, 0.2) is 0 Å². The van der Waals surface area contributed by atoms with E-state index in [4.69, 9.17) is 10.5 Å². The van der Waals surface area contributed by atoms with Crippen molar-refractivity contribution in [2.45, 2.75) is 20.8 Å². The molecule has 0 aliphatic carbocycles. The Morgan fingerprint density at radius 1 is 1.26 bits per heavy atom. The number of aryl methyl sites for hydroxylation is 1. The van der Waals surface area contributed by atoms with Gasteiger partial charge in [-0.05, 0) is 36.8 Å². The number of ether oxygens (including phenoxy) is 1. The van der Waals surface area contributed by atoms with Crippen molar-refractivity contribution in [2.75, 3.05) is 26.7 Å². The molecule has 8 nitrogen and oxygen atoms in total. The fourth-order valence-electron chi connectivity index (χ4n) is 3.46. The second-order valence-electron chi connectivity index (χ2n) is 6.98. The lowest BCUT2D eigenvalue weighted by atomic mass is 10.0. The van der Waals surface area contributed by atoms with Crippen molar-refractivity contribution in [1.29, 1.82) is 0 Å². The van der Waals surface area contributed by atoms with Gasteiger partial charge in [0.25, 0.3) is 0 Å². The Hall–Kier alpha value is -3.39. The predicted molar refractivity (Wildman–Crippen MR) is 127 cm³/mol. The number of nitrogens with two attached hydrogens (primary N) is 1. The summed E-state index contributed by atoms with van der Waals surface area (Å²) >= 11 is 0. The predicted octanol–water partition coefficient (Wildman–Crippen LogP) is 3.29. The summed E-state index contributed by atoms with van der Waals surface area (Å²) in [5.74, 6) is 0.740. The molecule has 0 atom stereocenters. The Labute approximate surface area is 182 Å². The topological polar surface area (TPSA) is 106 Å². The summed E-state index contributed by atoms with van der Waals surface area (Å²) < 4.78 is 7.80. The van der Waals surface area contributed by atoms with Gasteiger partial charge in [-0.1, -0.05) is 19.9 Å². The van der Waals surface area contributed by atoms with Crippen molar-refractivity contribution in [3.8, 4) is 17.0 Å². The number of nitrogens with zero attached hydrogens (tertiary/aromatic N) is 4. The van der Waals surface area contributed by atoms with E-state index in [-0.39, 0.29) is 0 Å². The van der Waals surface area contributed by atoms with Crippen LogP contribution in [0.5, 0.6) is 5.88 Å². The van der Waals surface area contributed by atoms with Gasteiger partial charge in [-0.2, -0.15) is 10.2 Å². The quantitative estimate of drug-likeness (QED) is 0.516. The summed E-state index contributed by atoms with van der Waals surface area (Å²) in [6, 6.07) is 6.14. The van der Waals surface area contributed by atoms with Crippen LogP contribution in [0.2, 0.25) is 0 Å². The summed E-state index contributed by atoms with van der Waals surface area (Å²) in [4.78, 5) is 4.43. The molecule has 1 aliphatic heterocycles. The lowest BCUT2D eigenvalue weighted by molar-refractivity contribution is 0.291. The highest BCUT2D eigenvalue weighted by Gasteiger charge is 2.15. The van der Waals surface area contributed by atoms with E-state index in [2.05, 4.69) is 31.7 Å². The molecule has 31 heavy (non-hydrogen) atoms. The monoisotopic (exact) mass is 421 g/mol. The van der Waals surface area contributed by atoms with Gasteiger partial charge in [-0.15, -0.1) is 0 Å². The molecule has 0 fully saturated rings. The number of aromatic amines is 1. The van der Waals surface area contributed by atoms with Gasteiger partial charge in [-0.25, -0.2) is 4.68 Å². The largest absolute Gasteiger partial charge is 0.476 e. The number of hydrogen-bond donors (Lipinski definition) is 3. The molecular weight excluding hydrogens is 390 g/mol. The first-order valence-electron chi connectivity index (χ1n) is 10.5. The molecule has 4 N–H and O–H groups in total. The van der Waals surface area contributed by atoms with E-state index in [9.17, 15) is 0 Å². The highest BCUT2D eigenvalue weighted by Crippen LogP contribution is 2.32. The summed E-state index contributed by atoms with van der Waals surface area (Å²) in [6.07, 6.45) is 5.82. The Balaban J connectivity index is 0.00000132. The zero-order valence-corrected chi connectivity index (χ0v) is 18.9. The van der Waals surface area contributed by atoms with Crippen molar-refractivity contribution >= 4 is 22.7 Å². The third-order valence-electron chi connectivity index (χ3n) is 5.01. The van der Waals surface area contributed by atoms with E-state index in [1.165, 1.54) is 0 Å². The maximum Gasteiger partial charge on any atom is 0.219 e. The summed E-state index contributed by atoms with van der Waals surface area (Å²) in [5.41, 5.74) is 12.4. The van der Waals surface area contributed by atoms with Crippen LogP contribution in [0.15, 0.2) is 46.7 Å². The van der Waals surface area contributed by atoms with Gasteiger partial charge < -0.3 is 15.8 Å². The SMILES string of the molecule is CC.CN=C1CNCCOc2c(cnn2C)-c2ccc3n[nH]c(c3c2)/C=C/C1=C(\C)N. The molecule has 0 amide bonds. The second kappa shape index (κ2) is 10.1. The first-order chi connectivity index (χ1) is 15.1. The van der Waals surface area contributed by atoms with Gasteiger partial charge in [-0.3, -0.25) is 10.1 Å². The van der Waals surface area contributed by atoms with E-state index in [0.717, 1.165) is 44.9 Å². The standard InChI is InChI=1S/C21H25N7O.C2H6/c1-13(22)15-5-7-19-16-10-14(4-6-18(16)26-27-19)17-11-25-28(3)21(17)29-9-8-24-12-20(15)23-2;1-2/h4-7,10-11,24H,8-9,12,22H2,1-3H3,(H,26,27);1-2H3/b7-5+,15-13-,23-20?;. The number of hydrogen-bond acceptors (Lipinski definition) is 6. The molecule has 164 valence electrons. The van der Waals surface area contributed by atoms with Crippen LogP contribution in [0.1, 0.15) is 26.5 Å². The molecule has 1 aliphatic rings. The van der Waals surface area contributed by atoms with Crippen molar-refractivity contribution in [3.63, 3.8) is 0 Å². The van der Waals surface area contributed by atoms with Crippen molar-refractivity contribution in [2.24, 2.45) is 17.8 Å². The summed E-state index contributed by atoms with van der Waals surface area (Å²) in [7, 11) is 3.66. The third-order valence-corrected chi connectivity index (χ3v) is 5.01.